The molecule has 10 heteroatoms. The number of fused-ring (bicyclic) bond motifs is 1. The molecule has 0 aliphatic carbocycles. The molecular weight excluding hydrogens is 569 g/mol. The molecule has 0 unspecified atom stereocenters. The Kier molecular flexibility index (Phi) is 9.03. The van der Waals surface area contributed by atoms with Crippen molar-refractivity contribution in [3.8, 4) is 0 Å². The Morgan fingerprint density at radius 2 is 0.750 bits per heavy atom. The summed E-state index contributed by atoms with van der Waals surface area (Å²) in [5, 5.41) is 0.149. The molecule has 0 saturated carbocycles. The van der Waals surface area contributed by atoms with E-state index in [2.05, 4.69) is 134 Å². The fourth-order valence-electron chi connectivity index (χ4n) is 10.0. The highest BCUT2D eigenvalue weighted by Crippen LogP contribution is 2.68. The summed E-state index contributed by atoms with van der Waals surface area (Å²) in [5.41, 5.74) is 1.56. The third kappa shape index (κ3) is 4.99. The molecule has 0 atom stereocenters. The van der Waals surface area contributed by atoms with Crippen LogP contribution in [0.4, 0.5) is 0 Å². The monoisotopic (exact) mass is 632 g/mol. The first-order valence-electron chi connectivity index (χ1n) is 14.7. The second-order valence-electron chi connectivity index (χ2n) is 18.1. The van der Waals surface area contributed by atoms with Crippen LogP contribution in [0.3, 0.4) is 0 Å². The van der Waals surface area contributed by atoms with Crippen molar-refractivity contribution in [1.29, 1.82) is 0 Å². The lowest BCUT2D eigenvalue weighted by Crippen LogP contribution is -3.12. The van der Waals surface area contributed by atoms with Crippen LogP contribution in [-0.4, -0.2) is 74.1 Å². The van der Waals surface area contributed by atoms with Gasteiger partial charge < -0.3 is 8.85 Å². The molecule has 36 heavy (non-hydrogen) atoms. The van der Waals surface area contributed by atoms with Gasteiger partial charge in [0, 0.05) is 42.7 Å². The Balaban J connectivity index is 3.00. The van der Waals surface area contributed by atoms with Crippen molar-refractivity contribution in [3.05, 3.63) is 0 Å². The largest absolute Gasteiger partial charge is 0.397 e. The molecule has 2 saturated heterocycles. The topological polar surface area (TPSA) is 18.5 Å². The highest BCUT2D eigenvalue weighted by molar-refractivity contribution is 7.83. The SMILES string of the molecule is CC(C)[Si](C([Si](C)(C)C)[Si](C)(C)C)[Si]12OC(C)(C)[Si]1([Si](C(C)C)C([Si](C)(C)C)[Si](C)(C)C)C(C)(C)O2. The zero-order valence-electron chi connectivity index (χ0n) is 28.1. The zero-order chi connectivity index (χ0) is 28.9. The summed E-state index contributed by atoms with van der Waals surface area (Å²) in [7, 11) is -11.1. The van der Waals surface area contributed by atoms with Crippen LogP contribution >= 0.6 is 0 Å². The number of rotatable bonds is 10. The molecule has 2 fully saturated rings. The van der Waals surface area contributed by atoms with Gasteiger partial charge in [-0.25, -0.2) is 0 Å². The predicted octanol–water partition coefficient (Wildman–Crippen LogP) is 8.87. The van der Waals surface area contributed by atoms with Gasteiger partial charge in [-0.2, -0.15) is 0 Å². The van der Waals surface area contributed by atoms with E-state index in [1.54, 1.807) is 0 Å². The van der Waals surface area contributed by atoms with E-state index in [4.69, 9.17) is 8.85 Å². The lowest BCUT2D eigenvalue weighted by molar-refractivity contribution is -0.00863. The second kappa shape index (κ2) is 9.60. The Labute approximate surface area is 236 Å². The summed E-state index contributed by atoms with van der Waals surface area (Å²) in [5.74, 6) is 0. The van der Waals surface area contributed by atoms with Crippen molar-refractivity contribution in [1.82, 2.24) is 0 Å². The Bertz CT molecular complexity index is 766. The van der Waals surface area contributed by atoms with Gasteiger partial charge in [-0.15, -0.1) is 0 Å². The molecule has 0 amide bonds. The number of hydrogen-bond acceptors (Lipinski definition) is 2. The molecule has 2 rings (SSSR count). The molecule has 2 aliphatic rings. The maximum Gasteiger partial charge on any atom is 0.298 e. The molecule has 0 aromatic heterocycles. The summed E-state index contributed by atoms with van der Waals surface area (Å²) in [6.45, 7) is 53.1. The van der Waals surface area contributed by atoms with Gasteiger partial charge in [0.25, 0.3) is 7.60 Å². The van der Waals surface area contributed by atoms with E-state index >= 15 is 0 Å². The average Bonchev–Trinajstić information content (AvgIpc) is 2.51. The normalized spacial score (nSPS) is 28.8. The van der Waals surface area contributed by atoms with Crippen LogP contribution in [0.25, 0.3) is 0 Å². The van der Waals surface area contributed by atoms with Crippen LogP contribution in [0.1, 0.15) is 55.4 Å². The van der Waals surface area contributed by atoms with Crippen molar-refractivity contribution in [2.45, 2.75) is 165 Å². The first kappa shape index (κ1) is 33.9. The highest BCUT2D eigenvalue weighted by atomic mass is 29.8. The average molecular weight is 633 g/mol. The Morgan fingerprint density at radius 1 is 0.500 bits per heavy atom. The molecule has 0 aromatic rings. The summed E-state index contributed by atoms with van der Waals surface area (Å²) in [6, 6.07) is 0. The lowest BCUT2D eigenvalue weighted by Gasteiger charge is -2.84. The quantitative estimate of drug-likeness (QED) is 0.224. The van der Waals surface area contributed by atoms with Crippen molar-refractivity contribution in [3.63, 3.8) is 0 Å². The molecule has 0 N–H and O–H groups in total. The Hall–Kier alpha value is 1.66. The van der Waals surface area contributed by atoms with Gasteiger partial charge in [-0.1, -0.05) is 127 Å². The van der Waals surface area contributed by atoms with Gasteiger partial charge in [0.05, 0.1) is 8.31 Å². The molecule has 212 valence electrons. The van der Waals surface area contributed by atoms with Crippen LogP contribution in [-0.2, 0) is 8.85 Å². The van der Waals surface area contributed by atoms with Gasteiger partial charge in [0.2, 0.25) is 0 Å². The standard InChI is InChI=1S/C26H64O2Si8/c1-21(2)29(23(31(9,10)11)32(12,13)14)35-25(5,6)27-36(35,28-26(35,7)8)30(22(3)4)24(33(15,16)17)34(18,19)20/h21-24H,1-20H3. The van der Waals surface area contributed by atoms with E-state index in [1.165, 1.54) is 0 Å². The third-order valence-corrected chi connectivity index (χ3v) is 91.6. The zero-order valence-corrected chi connectivity index (χ0v) is 36.1. The van der Waals surface area contributed by atoms with Crippen LogP contribution in [0.15, 0.2) is 0 Å². The molecule has 2 aliphatic heterocycles. The van der Waals surface area contributed by atoms with Crippen LogP contribution in [0.5, 0.6) is 0 Å². The molecule has 0 aromatic carbocycles. The maximum absolute atomic E-state index is 7.58. The molecule has 2 nitrogen and oxygen atoms in total. The van der Waals surface area contributed by atoms with Crippen LogP contribution < -0.4 is 0 Å². The first-order valence-corrected chi connectivity index (χ1v) is 39.1. The summed E-state index contributed by atoms with van der Waals surface area (Å²) in [4.78, 5) is 1.97. The molecule has 0 bridgehead atoms. The summed E-state index contributed by atoms with van der Waals surface area (Å²) < 4.78 is 15.2. The van der Waals surface area contributed by atoms with Gasteiger partial charge in [-0.3, -0.25) is 0 Å². The lowest BCUT2D eigenvalue weighted by atomic mass is 10.4. The summed E-state index contributed by atoms with van der Waals surface area (Å²) >= 11 is 0. The minimum absolute atomic E-state index is 0.0747. The second-order valence-corrected chi connectivity index (χ2v) is 68.6. The number of hydrogen-bond donors (Lipinski definition) is 0. The van der Waals surface area contributed by atoms with Gasteiger partial charge >= 0.3 is 0 Å². The van der Waals surface area contributed by atoms with Crippen molar-refractivity contribution >= 4 is 63.6 Å². The van der Waals surface area contributed by atoms with Crippen molar-refractivity contribution in [2.75, 3.05) is 0 Å². The third-order valence-electron chi connectivity index (χ3n) is 9.24. The minimum Gasteiger partial charge on any atom is -0.397 e. The molecule has 2 heterocycles. The molecule has 2 radical (unpaired) electrons. The van der Waals surface area contributed by atoms with E-state index in [0.29, 0.717) is 0 Å². The van der Waals surface area contributed by atoms with E-state index < -0.39 is 63.6 Å². The van der Waals surface area contributed by atoms with E-state index in [0.717, 1.165) is 20.7 Å². The molecule has 0 spiro atoms. The fraction of sp³-hybridized carbons (Fsp3) is 1.00. The van der Waals surface area contributed by atoms with Crippen LogP contribution in [0.2, 0.25) is 99.2 Å². The predicted molar refractivity (Wildman–Crippen MR) is 184 cm³/mol. The first-order chi connectivity index (χ1) is 15.5. The summed E-state index contributed by atoms with van der Waals surface area (Å²) in [6.07, 6.45) is 0. The highest BCUT2D eigenvalue weighted by Gasteiger charge is 2.95. The van der Waals surface area contributed by atoms with Gasteiger partial charge in [0.15, 0.2) is 7.11 Å². The minimum atomic E-state index is -2.26. The van der Waals surface area contributed by atoms with E-state index in [9.17, 15) is 0 Å². The molecular formula is C26H64O2Si8. The smallest absolute Gasteiger partial charge is 0.298 e. The van der Waals surface area contributed by atoms with Gasteiger partial charge in [0.1, 0.15) is 8.31 Å². The fourth-order valence-corrected chi connectivity index (χ4v) is 144. The Morgan fingerprint density at radius 3 is 0.944 bits per heavy atom. The van der Waals surface area contributed by atoms with Crippen molar-refractivity contribution in [2.24, 2.45) is 0 Å². The van der Waals surface area contributed by atoms with E-state index in [-0.39, 0.29) is 10.4 Å². The van der Waals surface area contributed by atoms with E-state index in [1.807, 2.05) is 0 Å². The van der Waals surface area contributed by atoms with Crippen LogP contribution in [0, 0.1) is 0 Å². The maximum atomic E-state index is 7.58. The van der Waals surface area contributed by atoms with Crippen molar-refractivity contribution < 1.29 is 8.85 Å². The van der Waals surface area contributed by atoms with Gasteiger partial charge in [-0.05, 0) is 27.7 Å².